The Kier molecular flexibility index (Phi) is 6.43. The van der Waals surface area contributed by atoms with Crippen molar-refractivity contribution in [3.05, 3.63) is 77.6 Å². The molecule has 8 nitrogen and oxygen atoms in total. The van der Waals surface area contributed by atoms with Crippen molar-refractivity contribution in [3.63, 3.8) is 0 Å². The minimum absolute atomic E-state index is 0.170. The molecule has 0 fully saturated rings. The van der Waals surface area contributed by atoms with E-state index in [0.717, 1.165) is 0 Å². The van der Waals surface area contributed by atoms with Gasteiger partial charge in [0.15, 0.2) is 5.13 Å². The summed E-state index contributed by atoms with van der Waals surface area (Å²) in [6.45, 7) is 1.46. The van der Waals surface area contributed by atoms with Gasteiger partial charge in [0, 0.05) is 24.6 Å². The second-order valence-corrected chi connectivity index (χ2v) is 6.57. The van der Waals surface area contributed by atoms with E-state index in [1.165, 1.54) is 47.6 Å². The van der Waals surface area contributed by atoms with Crippen molar-refractivity contribution < 1.29 is 14.4 Å². The Bertz CT molecular complexity index is 1030. The second-order valence-electron chi connectivity index (χ2n) is 5.74. The van der Waals surface area contributed by atoms with Gasteiger partial charge in [-0.2, -0.15) is 0 Å². The van der Waals surface area contributed by atoms with Crippen molar-refractivity contribution in [1.29, 1.82) is 0 Å². The Balaban J connectivity index is 1.61. The van der Waals surface area contributed by atoms with Gasteiger partial charge in [-0.05, 0) is 30.3 Å². The molecule has 2 heterocycles. The van der Waals surface area contributed by atoms with Gasteiger partial charge in [0.2, 0.25) is 5.91 Å². The summed E-state index contributed by atoms with van der Waals surface area (Å²) >= 11 is 1.28. The first-order chi connectivity index (χ1) is 14.0. The Morgan fingerprint density at radius 2 is 1.79 bits per heavy atom. The van der Waals surface area contributed by atoms with Gasteiger partial charge in [-0.15, -0.1) is 11.3 Å². The smallest absolute Gasteiger partial charge is 0.274 e. The molecule has 0 aliphatic carbocycles. The number of benzene rings is 1. The molecule has 3 aromatic rings. The largest absolute Gasteiger partial charge is 0.288 e. The van der Waals surface area contributed by atoms with Crippen molar-refractivity contribution in [3.8, 4) is 0 Å². The van der Waals surface area contributed by atoms with Gasteiger partial charge in [-0.25, -0.2) is 4.98 Å². The van der Waals surface area contributed by atoms with Crippen molar-refractivity contribution >= 4 is 46.0 Å². The fraction of sp³-hybridized carbons (Fsp3) is 0.0500. The maximum atomic E-state index is 12.1. The lowest BCUT2D eigenvalue weighted by Crippen LogP contribution is -2.41. The standard InChI is InChI=1S/C20H17N5O3S/c1-14(26)25(16-7-3-2-4-8-16)20-22-15(13-29-20)10-11-18(27)23-24-19(28)17-9-5-6-12-21-17/h2-13H,1H3,(H,23,27)(H,24,28)/b11-10+. The molecule has 2 N–H and O–H groups in total. The zero-order chi connectivity index (χ0) is 20.6. The topological polar surface area (TPSA) is 104 Å². The summed E-state index contributed by atoms with van der Waals surface area (Å²) in [6.07, 6.45) is 4.21. The molecular formula is C20H17N5O3S. The van der Waals surface area contributed by atoms with Gasteiger partial charge < -0.3 is 0 Å². The van der Waals surface area contributed by atoms with Crippen LogP contribution in [0.5, 0.6) is 0 Å². The first kappa shape index (κ1) is 19.9. The maximum Gasteiger partial charge on any atom is 0.288 e. The highest BCUT2D eigenvalue weighted by atomic mass is 32.1. The fourth-order valence-corrected chi connectivity index (χ4v) is 3.20. The van der Waals surface area contributed by atoms with Crippen LogP contribution in [0, 0.1) is 0 Å². The molecule has 0 bridgehead atoms. The molecule has 0 aliphatic rings. The van der Waals surface area contributed by atoms with Crippen molar-refractivity contribution in [2.45, 2.75) is 6.92 Å². The second kappa shape index (κ2) is 9.38. The molecule has 146 valence electrons. The third-order valence-corrected chi connectivity index (χ3v) is 4.48. The number of carbonyl (C=O) groups excluding carboxylic acids is 3. The van der Waals surface area contributed by atoms with Gasteiger partial charge >= 0.3 is 0 Å². The van der Waals surface area contributed by atoms with Crippen LogP contribution in [0.25, 0.3) is 6.08 Å². The predicted molar refractivity (Wildman–Crippen MR) is 110 cm³/mol. The molecule has 2 aromatic heterocycles. The lowest BCUT2D eigenvalue weighted by Gasteiger charge is -2.17. The number of pyridine rings is 1. The summed E-state index contributed by atoms with van der Waals surface area (Å²) in [5.41, 5.74) is 5.95. The van der Waals surface area contributed by atoms with E-state index in [4.69, 9.17) is 0 Å². The first-order valence-corrected chi connectivity index (χ1v) is 9.43. The van der Waals surface area contributed by atoms with Gasteiger partial charge in [0.05, 0.1) is 11.4 Å². The maximum absolute atomic E-state index is 12.1. The normalized spacial score (nSPS) is 10.5. The highest BCUT2D eigenvalue weighted by molar-refractivity contribution is 7.14. The van der Waals surface area contributed by atoms with Gasteiger partial charge in [0.25, 0.3) is 11.8 Å². The van der Waals surface area contributed by atoms with Gasteiger partial charge in [0.1, 0.15) is 5.69 Å². The Morgan fingerprint density at radius 1 is 1.03 bits per heavy atom. The fourth-order valence-electron chi connectivity index (χ4n) is 2.34. The monoisotopic (exact) mass is 407 g/mol. The zero-order valence-electron chi connectivity index (χ0n) is 15.4. The molecule has 0 spiro atoms. The molecular weight excluding hydrogens is 390 g/mol. The number of carbonyl (C=O) groups is 3. The lowest BCUT2D eigenvalue weighted by atomic mass is 10.3. The van der Waals surface area contributed by atoms with Crippen molar-refractivity contribution in [1.82, 2.24) is 20.8 Å². The van der Waals surface area contributed by atoms with E-state index in [2.05, 4.69) is 20.8 Å². The Morgan fingerprint density at radius 3 is 2.48 bits per heavy atom. The average molecular weight is 407 g/mol. The van der Waals surface area contributed by atoms with Crippen LogP contribution < -0.4 is 15.8 Å². The number of nitrogens with one attached hydrogen (secondary N) is 2. The number of hydrazine groups is 1. The number of aromatic nitrogens is 2. The van der Waals surface area contributed by atoms with E-state index >= 15 is 0 Å². The molecule has 0 saturated heterocycles. The third kappa shape index (κ3) is 5.33. The highest BCUT2D eigenvalue weighted by Gasteiger charge is 2.17. The van der Waals surface area contributed by atoms with Crippen LogP contribution in [0.1, 0.15) is 23.1 Å². The van der Waals surface area contributed by atoms with Crippen LogP contribution in [0.15, 0.2) is 66.2 Å². The van der Waals surface area contributed by atoms with E-state index in [9.17, 15) is 14.4 Å². The molecule has 3 amide bonds. The van der Waals surface area contributed by atoms with Crippen LogP contribution in [0.3, 0.4) is 0 Å². The van der Waals surface area contributed by atoms with Crippen LogP contribution >= 0.6 is 11.3 Å². The molecule has 0 atom stereocenters. The van der Waals surface area contributed by atoms with Crippen LogP contribution in [-0.4, -0.2) is 27.7 Å². The van der Waals surface area contributed by atoms with Crippen LogP contribution in [-0.2, 0) is 9.59 Å². The Hall–Kier alpha value is -3.85. The molecule has 1 aromatic carbocycles. The minimum Gasteiger partial charge on any atom is -0.274 e. The Labute approximate surface area is 170 Å². The molecule has 0 unspecified atom stereocenters. The van der Waals surface area contributed by atoms with Crippen molar-refractivity contribution in [2.75, 3.05) is 4.90 Å². The number of amides is 3. The summed E-state index contributed by atoms with van der Waals surface area (Å²) in [5, 5.41) is 2.22. The number of hydrogen-bond donors (Lipinski definition) is 2. The summed E-state index contributed by atoms with van der Waals surface area (Å²) in [7, 11) is 0. The zero-order valence-corrected chi connectivity index (χ0v) is 16.2. The van der Waals surface area contributed by atoms with E-state index in [1.54, 1.807) is 17.5 Å². The average Bonchev–Trinajstić information content (AvgIpc) is 3.20. The quantitative estimate of drug-likeness (QED) is 0.500. The molecule has 3 rings (SSSR count). The summed E-state index contributed by atoms with van der Waals surface area (Å²) in [6, 6.07) is 14.1. The number of anilines is 2. The highest BCUT2D eigenvalue weighted by Crippen LogP contribution is 2.28. The first-order valence-electron chi connectivity index (χ1n) is 8.55. The summed E-state index contributed by atoms with van der Waals surface area (Å²) in [4.78, 5) is 45.6. The third-order valence-electron chi connectivity index (χ3n) is 3.63. The molecule has 9 heteroatoms. The predicted octanol–water partition coefficient (Wildman–Crippen LogP) is 2.70. The number of para-hydroxylation sites is 1. The molecule has 0 saturated carbocycles. The SMILES string of the molecule is CC(=O)N(c1ccccc1)c1nc(/C=C/C(=O)NNC(=O)c2ccccn2)cs1. The van der Waals surface area contributed by atoms with Crippen LogP contribution in [0.4, 0.5) is 10.8 Å². The molecule has 0 radical (unpaired) electrons. The van der Waals surface area contributed by atoms with Crippen LogP contribution in [0.2, 0.25) is 0 Å². The summed E-state index contributed by atoms with van der Waals surface area (Å²) < 4.78 is 0. The number of hydrogen-bond acceptors (Lipinski definition) is 6. The lowest BCUT2D eigenvalue weighted by molar-refractivity contribution is -0.117. The molecule has 29 heavy (non-hydrogen) atoms. The van der Waals surface area contributed by atoms with Gasteiger partial charge in [-0.3, -0.25) is 35.1 Å². The van der Waals surface area contributed by atoms with E-state index in [-0.39, 0.29) is 11.6 Å². The molecule has 0 aliphatic heterocycles. The van der Waals surface area contributed by atoms with Crippen molar-refractivity contribution in [2.24, 2.45) is 0 Å². The van der Waals surface area contributed by atoms with E-state index in [0.29, 0.717) is 16.5 Å². The number of rotatable bonds is 5. The number of nitrogens with zero attached hydrogens (tertiary/aromatic N) is 3. The number of thiazole rings is 1. The minimum atomic E-state index is -0.532. The van der Waals surface area contributed by atoms with E-state index in [1.807, 2.05) is 30.3 Å². The van der Waals surface area contributed by atoms with E-state index < -0.39 is 11.8 Å². The summed E-state index contributed by atoms with van der Waals surface area (Å²) in [5.74, 6) is -1.23. The van der Waals surface area contributed by atoms with Gasteiger partial charge in [-0.1, -0.05) is 24.3 Å².